The molecule has 0 aliphatic carbocycles. The Bertz CT molecular complexity index is 879. The molecule has 0 aliphatic rings. The number of anilines is 1. The highest BCUT2D eigenvalue weighted by molar-refractivity contribution is 6.04. The van der Waals surface area contributed by atoms with Gasteiger partial charge in [0, 0.05) is 24.4 Å². The van der Waals surface area contributed by atoms with Gasteiger partial charge in [0.1, 0.15) is 11.6 Å². The summed E-state index contributed by atoms with van der Waals surface area (Å²) in [7, 11) is 1.59. The molecule has 1 N–H and O–H groups in total. The van der Waals surface area contributed by atoms with Gasteiger partial charge in [0.2, 0.25) is 0 Å². The van der Waals surface area contributed by atoms with E-state index in [2.05, 4.69) is 15.3 Å². The highest BCUT2D eigenvalue weighted by atomic mass is 16.5. The lowest BCUT2D eigenvalue weighted by Gasteiger charge is -2.09. The first-order valence-corrected chi connectivity index (χ1v) is 7.97. The van der Waals surface area contributed by atoms with Crippen LogP contribution in [-0.2, 0) is 6.42 Å². The number of hydrogen-bond acceptors (Lipinski definition) is 4. The van der Waals surface area contributed by atoms with Gasteiger partial charge in [-0.3, -0.25) is 4.79 Å². The topological polar surface area (TPSA) is 64.1 Å². The zero-order chi connectivity index (χ0) is 17.6. The number of carbonyl (C=O) groups is 1. The monoisotopic (exact) mass is 333 g/mol. The van der Waals surface area contributed by atoms with E-state index in [0.29, 0.717) is 34.9 Å². The molecule has 3 aromatic rings. The molecule has 0 aliphatic heterocycles. The van der Waals surface area contributed by atoms with Crippen LogP contribution in [0.4, 0.5) is 5.69 Å². The number of hydrogen-bond donors (Lipinski definition) is 1. The maximum absolute atomic E-state index is 12.5. The van der Waals surface area contributed by atoms with E-state index < -0.39 is 0 Å². The number of rotatable bonds is 5. The average molecular weight is 333 g/mol. The van der Waals surface area contributed by atoms with E-state index in [1.807, 2.05) is 49.4 Å². The number of aromatic nitrogens is 2. The Kier molecular flexibility index (Phi) is 5.04. The lowest BCUT2D eigenvalue weighted by Crippen LogP contribution is -2.15. The Morgan fingerprint density at radius 2 is 1.92 bits per heavy atom. The third-order valence-corrected chi connectivity index (χ3v) is 3.81. The van der Waals surface area contributed by atoms with Crippen LogP contribution in [0.15, 0.2) is 60.8 Å². The molecular weight excluding hydrogens is 314 g/mol. The molecule has 0 spiro atoms. The van der Waals surface area contributed by atoms with Gasteiger partial charge in [0.25, 0.3) is 5.91 Å². The van der Waals surface area contributed by atoms with Gasteiger partial charge in [-0.25, -0.2) is 9.97 Å². The number of ether oxygens (including phenoxy) is 1. The Morgan fingerprint density at radius 3 is 2.64 bits per heavy atom. The lowest BCUT2D eigenvalue weighted by atomic mass is 10.1. The van der Waals surface area contributed by atoms with Crippen LogP contribution in [0, 0.1) is 6.92 Å². The highest BCUT2D eigenvalue weighted by Gasteiger charge is 2.12. The van der Waals surface area contributed by atoms with Crippen molar-refractivity contribution >= 4 is 11.6 Å². The number of nitrogens with one attached hydrogen (secondary N) is 1. The number of nitrogens with zero attached hydrogens (tertiary/aromatic N) is 2. The third-order valence-electron chi connectivity index (χ3n) is 3.81. The molecule has 1 aromatic heterocycles. The molecule has 0 saturated heterocycles. The third kappa shape index (κ3) is 4.20. The summed E-state index contributed by atoms with van der Waals surface area (Å²) in [6.07, 6.45) is 2.22. The van der Waals surface area contributed by atoms with Crippen LogP contribution in [0.5, 0.6) is 5.75 Å². The zero-order valence-electron chi connectivity index (χ0n) is 14.2. The maximum atomic E-state index is 12.5. The first kappa shape index (κ1) is 16.6. The van der Waals surface area contributed by atoms with E-state index in [-0.39, 0.29) is 5.91 Å². The summed E-state index contributed by atoms with van der Waals surface area (Å²) in [5.74, 6) is 1.14. The number of amides is 1. The van der Waals surface area contributed by atoms with Gasteiger partial charge in [0.15, 0.2) is 0 Å². The van der Waals surface area contributed by atoms with Gasteiger partial charge in [-0.05, 0) is 24.6 Å². The summed E-state index contributed by atoms with van der Waals surface area (Å²) in [5.41, 5.74) is 2.91. The number of carbonyl (C=O) groups excluding carboxylic acids is 1. The largest absolute Gasteiger partial charge is 0.497 e. The SMILES string of the molecule is COc1cccc(NC(=O)c2cnc(Cc3ccccc3)nc2C)c1. The van der Waals surface area contributed by atoms with Gasteiger partial charge in [-0.2, -0.15) is 0 Å². The predicted molar refractivity (Wildman–Crippen MR) is 97.0 cm³/mol. The van der Waals surface area contributed by atoms with Crippen molar-refractivity contribution in [3.63, 3.8) is 0 Å². The summed E-state index contributed by atoms with van der Waals surface area (Å²) >= 11 is 0. The fraction of sp³-hybridized carbons (Fsp3) is 0.150. The molecule has 0 fully saturated rings. The van der Waals surface area contributed by atoms with E-state index in [0.717, 1.165) is 5.56 Å². The van der Waals surface area contributed by atoms with Gasteiger partial charge in [-0.1, -0.05) is 36.4 Å². The summed E-state index contributed by atoms with van der Waals surface area (Å²) in [4.78, 5) is 21.3. The summed E-state index contributed by atoms with van der Waals surface area (Å²) in [6.45, 7) is 1.82. The molecule has 2 aromatic carbocycles. The van der Waals surface area contributed by atoms with Crippen LogP contribution in [0.1, 0.15) is 27.4 Å². The van der Waals surface area contributed by atoms with Crippen molar-refractivity contribution in [3.8, 4) is 5.75 Å². The summed E-state index contributed by atoms with van der Waals surface area (Å²) in [6, 6.07) is 17.2. The van der Waals surface area contributed by atoms with Gasteiger partial charge in [-0.15, -0.1) is 0 Å². The molecule has 5 heteroatoms. The standard InChI is InChI=1S/C20H19N3O2/c1-14-18(20(24)23-16-9-6-10-17(12-16)25-2)13-21-19(22-14)11-15-7-4-3-5-8-15/h3-10,12-13H,11H2,1-2H3,(H,23,24). The Labute approximate surface area is 146 Å². The van der Waals surface area contributed by atoms with Gasteiger partial charge in [0.05, 0.1) is 18.4 Å². The first-order chi connectivity index (χ1) is 12.2. The maximum Gasteiger partial charge on any atom is 0.259 e. The molecule has 0 unspecified atom stereocenters. The van der Waals surface area contributed by atoms with Crippen molar-refractivity contribution in [1.82, 2.24) is 9.97 Å². The molecule has 1 heterocycles. The average Bonchev–Trinajstić information content (AvgIpc) is 2.62. The molecule has 3 rings (SSSR count). The zero-order valence-corrected chi connectivity index (χ0v) is 14.2. The number of aryl methyl sites for hydroxylation is 1. The summed E-state index contributed by atoms with van der Waals surface area (Å²) in [5, 5.41) is 2.84. The molecule has 0 bridgehead atoms. The van der Waals surface area contributed by atoms with E-state index in [9.17, 15) is 4.79 Å². The normalized spacial score (nSPS) is 10.3. The molecule has 0 radical (unpaired) electrons. The highest BCUT2D eigenvalue weighted by Crippen LogP contribution is 2.18. The number of methoxy groups -OCH3 is 1. The number of benzene rings is 2. The van der Waals surface area contributed by atoms with Crippen LogP contribution >= 0.6 is 0 Å². The fourth-order valence-corrected chi connectivity index (χ4v) is 2.50. The second kappa shape index (κ2) is 7.57. The minimum atomic E-state index is -0.239. The van der Waals surface area contributed by atoms with Crippen LogP contribution in [-0.4, -0.2) is 23.0 Å². The van der Waals surface area contributed by atoms with Gasteiger partial charge < -0.3 is 10.1 Å². The van der Waals surface area contributed by atoms with Crippen LogP contribution in [0.2, 0.25) is 0 Å². The molecule has 25 heavy (non-hydrogen) atoms. The smallest absolute Gasteiger partial charge is 0.259 e. The van der Waals surface area contributed by atoms with Gasteiger partial charge >= 0.3 is 0 Å². The van der Waals surface area contributed by atoms with E-state index >= 15 is 0 Å². The minimum absolute atomic E-state index is 0.239. The second-order valence-electron chi connectivity index (χ2n) is 5.63. The first-order valence-electron chi connectivity index (χ1n) is 7.97. The van der Waals surface area contributed by atoms with Crippen LogP contribution in [0.25, 0.3) is 0 Å². The molecule has 0 atom stereocenters. The van der Waals surface area contributed by atoms with E-state index in [4.69, 9.17) is 4.74 Å². The predicted octanol–water partition coefficient (Wildman–Crippen LogP) is 3.64. The lowest BCUT2D eigenvalue weighted by molar-refractivity contribution is 0.102. The fourth-order valence-electron chi connectivity index (χ4n) is 2.50. The molecule has 1 amide bonds. The summed E-state index contributed by atoms with van der Waals surface area (Å²) < 4.78 is 5.16. The second-order valence-corrected chi connectivity index (χ2v) is 5.63. The van der Waals surface area contributed by atoms with Crippen molar-refractivity contribution < 1.29 is 9.53 Å². The molecular formula is C20H19N3O2. The molecule has 126 valence electrons. The Balaban J connectivity index is 1.74. The van der Waals surface area contributed by atoms with Crippen molar-refractivity contribution in [2.24, 2.45) is 0 Å². The molecule has 0 saturated carbocycles. The van der Waals surface area contributed by atoms with Crippen molar-refractivity contribution in [3.05, 3.63) is 83.4 Å². The van der Waals surface area contributed by atoms with E-state index in [1.165, 1.54) is 0 Å². The van der Waals surface area contributed by atoms with E-state index in [1.54, 1.807) is 25.4 Å². The van der Waals surface area contributed by atoms with Crippen molar-refractivity contribution in [2.45, 2.75) is 13.3 Å². The minimum Gasteiger partial charge on any atom is -0.497 e. The Hall–Kier alpha value is -3.21. The molecule has 5 nitrogen and oxygen atoms in total. The van der Waals surface area contributed by atoms with Crippen molar-refractivity contribution in [2.75, 3.05) is 12.4 Å². The van der Waals surface area contributed by atoms with Crippen LogP contribution < -0.4 is 10.1 Å². The Morgan fingerprint density at radius 1 is 1.12 bits per heavy atom. The quantitative estimate of drug-likeness (QED) is 0.774. The van der Waals surface area contributed by atoms with Crippen LogP contribution in [0.3, 0.4) is 0 Å². The van der Waals surface area contributed by atoms with Crippen molar-refractivity contribution in [1.29, 1.82) is 0 Å².